The van der Waals surface area contributed by atoms with Gasteiger partial charge in [0.2, 0.25) is 0 Å². The van der Waals surface area contributed by atoms with E-state index in [0.29, 0.717) is 23.0 Å². The number of amides is 1. The number of sulfonamides is 1. The van der Waals surface area contributed by atoms with Crippen molar-refractivity contribution in [1.82, 2.24) is 9.21 Å². The number of hydrogen-bond acceptors (Lipinski definition) is 4. The van der Waals surface area contributed by atoms with Gasteiger partial charge < -0.3 is 4.90 Å². The van der Waals surface area contributed by atoms with Gasteiger partial charge in [-0.1, -0.05) is 29.8 Å². The van der Waals surface area contributed by atoms with E-state index in [1.54, 1.807) is 17.0 Å². The summed E-state index contributed by atoms with van der Waals surface area (Å²) >= 11 is 6.88. The largest absolute Gasteiger partial charge is 0.336 e. The smallest absolute Gasteiger partial charge is 0.254 e. The Morgan fingerprint density at radius 2 is 1.75 bits per heavy atom. The number of thiophene rings is 1. The van der Waals surface area contributed by atoms with Gasteiger partial charge in [0.25, 0.3) is 15.9 Å². The lowest BCUT2D eigenvalue weighted by Crippen LogP contribution is -2.50. The number of halogens is 1. The number of rotatable bonds is 3. The molecule has 0 aliphatic carbocycles. The average molecular weight is 385 g/mol. The van der Waals surface area contributed by atoms with Gasteiger partial charge in [0, 0.05) is 31.7 Å². The van der Waals surface area contributed by atoms with Crippen molar-refractivity contribution in [3.8, 4) is 0 Å². The molecule has 24 heavy (non-hydrogen) atoms. The minimum Gasteiger partial charge on any atom is -0.336 e. The van der Waals surface area contributed by atoms with Gasteiger partial charge in [-0.25, -0.2) is 8.42 Å². The maximum absolute atomic E-state index is 12.6. The van der Waals surface area contributed by atoms with Crippen molar-refractivity contribution < 1.29 is 13.2 Å². The number of piperazine rings is 1. The number of carbonyl (C=O) groups excluding carboxylic acids is 1. The Hall–Kier alpha value is -1.41. The summed E-state index contributed by atoms with van der Waals surface area (Å²) in [6.07, 6.45) is 0. The van der Waals surface area contributed by atoms with Crippen LogP contribution in [0.15, 0.2) is 40.6 Å². The molecule has 0 unspecified atom stereocenters. The highest BCUT2D eigenvalue weighted by Crippen LogP contribution is 2.28. The molecular formula is C16H17ClN2O3S2. The third kappa shape index (κ3) is 3.35. The summed E-state index contributed by atoms with van der Waals surface area (Å²) in [5.74, 6) is -0.0516. The van der Waals surface area contributed by atoms with Crippen LogP contribution in [0.5, 0.6) is 0 Å². The van der Waals surface area contributed by atoms with Gasteiger partial charge >= 0.3 is 0 Å². The lowest BCUT2D eigenvalue weighted by Gasteiger charge is -2.34. The molecule has 2 aromatic rings. The molecule has 1 aliphatic heterocycles. The number of hydrogen-bond donors (Lipinski definition) is 0. The summed E-state index contributed by atoms with van der Waals surface area (Å²) in [5.41, 5.74) is 1.59. The van der Waals surface area contributed by atoms with E-state index in [2.05, 4.69) is 0 Å². The van der Waals surface area contributed by atoms with Crippen molar-refractivity contribution in [2.24, 2.45) is 0 Å². The van der Waals surface area contributed by atoms with Crippen LogP contribution >= 0.6 is 22.9 Å². The number of aryl methyl sites for hydroxylation is 1. The van der Waals surface area contributed by atoms with E-state index in [4.69, 9.17) is 11.6 Å². The van der Waals surface area contributed by atoms with Gasteiger partial charge in [-0.2, -0.15) is 4.31 Å². The predicted octanol–water partition coefficient (Wildman–Crippen LogP) is 2.86. The molecule has 0 N–H and O–H groups in total. The quantitative estimate of drug-likeness (QED) is 0.817. The van der Waals surface area contributed by atoms with E-state index < -0.39 is 10.0 Å². The summed E-state index contributed by atoms with van der Waals surface area (Å²) in [6.45, 7) is 3.23. The first kappa shape index (κ1) is 17.4. The Balaban J connectivity index is 1.70. The highest BCUT2D eigenvalue weighted by atomic mass is 35.5. The van der Waals surface area contributed by atoms with Crippen LogP contribution < -0.4 is 0 Å². The van der Waals surface area contributed by atoms with E-state index in [0.717, 1.165) is 16.9 Å². The average Bonchev–Trinajstić information content (AvgIpc) is 3.02. The monoisotopic (exact) mass is 384 g/mol. The van der Waals surface area contributed by atoms with Crippen LogP contribution in [0.3, 0.4) is 0 Å². The molecule has 1 aliphatic rings. The van der Waals surface area contributed by atoms with Gasteiger partial charge in [-0.05, 0) is 30.7 Å². The Labute approximate surface area is 150 Å². The molecule has 128 valence electrons. The van der Waals surface area contributed by atoms with Gasteiger partial charge in [0.15, 0.2) is 0 Å². The van der Waals surface area contributed by atoms with E-state index >= 15 is 0 Å². The summed E-state index contributed by atoms with van der Waals surface area (Å²) in [6, 6.07) is 10.5. The zero-order valence-corrected chi connectivity index (χ0v) is 15.5. The molecule has 1 aromatic heterocycles. The minimum absolute atomic E-state index is 0.0516. The molecule has 1 saturated heterocycles. The lowest BCUT2D eigenvalue weighted by atomic mass is 10.1. The van der Waals surface area contributed by atoms with Gasteiger partial charge in [0.1, 0.15) is 4.21 Å². The molecule has 2 heterocycles. The summed E-state index contributed by atoms with van der Waals surface area (Å²) < 4.78 is 27.3. The van der Waals surface area contributed by atoms with Gasteiger partial charge in [-0.3, -0.25) is 4.79 Å². The van der Waals surface area contributed by atoms with Gasteiger partial charge in [-0.15, -0.1) is 11.3 Å². The van der Waals surface area contributed by atoms with Crippen LogP contribution in [0.1, 0.15) is 15.9 Å². The normalized spacial score (nSPS) is 16.3. The molecule has 0 spiro atoms. The fourth-order valence-electron chi connectivity index (χ4n) is 2.68. The second kappa shape index (κ2) is 6.84. The van der Waals surface area contributed by atoms with Crippen LogP contribution in [0.4, 0.5) is 0 Å². The fourth-order valence-corrected chi connectivity index (χ4v) is 5.74. The zero-order chi connectivity index (χ0) is 17.3. The van der Waals surface area contributed by atoms with Crippen molar-refractivity contribution in [3.05, 3.63) is 51.9 Å². The van der Waals surface area contributed by atoms with Crippen molar-refractivity contribution >= 4 is 38.9 Å². The summed E-state index contributed by atoms with van der Waals surface area (Å²) in [5, 5.41) is 0. The topological polar surface area (TPSA) is 57.7 Å². The van der Waals surface area contributed by atoms with Crippen molar-refractivity contribution in [2.75, 3.05) is 26.2 Å². The fraction of sp³-hybridized carbons (Fsp3) is 0.312. The van der Waals surface area contributed by atoms with Crippen LogP contribution in [0.25, 0.3) is 0 Å². The first-order valence-electron chi connectivity index (χ1n) is 7.50. The molecular weight excluding hydrogens is 368 g/mol. The third-order valence-corrected chi connectivity index (χ3v) is 7.64. The van der Waals surface area contributed by atoms with Crippen LogP contribution in [0.2, 0.25) is 4.34 Å². The van der Waals surface area contributed by atoms with Crippen molar-refractivity contribution in [3.63, 3.8) is 0 Å². The van der Waals surface area contributed by atoms with E-state index in [1.165, 1.54) is 10.4 Å². The third-order valence-electron chi connectivity index (χ3n) is 4.04. The van der Waals surface area contributed by atoms with Crippen molar-refractivity contribution in [1.29, 1.82) is 0 Å². The van der Waals surface area contributed by atoms with Crippen LogP contribution in [-0.4, -0.2) is 49.7 Å². The maximum Gasteiger partial charge on any atom is 0.254 e. The second-order valence-corrected chi connectivity index (χ2v) is 9.45. The Bertz CT molecular complexity index is 856. The molecule has 0 bridgehead atoms. The Morgan fingerprint density at radius 3 is 2.33 bits per heavy atom. The predicted molar refractivity (Wildman–Crippen MR) is 95.2 cm³/mol. The maximum atomic E-state index is 12.6. The summed E-state index contributed by atoms with van der Waals surface area (Å²) in [7, 11) is -3.53. The highest BCUT2D eigenvalue weighted by Gasteiger charge is 2.31. The molecule has 0 radical (unpaired) electrons. The molecule has 1 fully saturated rings. The van der Waals surface area contributed by atoms with Crippen LogP contribution in [0, 0.1) is 6.92 Å². The zero-order valence-electron chi connectivity index (χ0n) is 13.1. The first-order chi connectivity index (χ1) is 11.4. The van der Waals surface area contributed by atoms with E-state index in [1.807, 2.05) is 25.1 Å². The second-order valence-electron chi connectivity index (χ2n) is 5.57. The molecule has 1 amide bonds. The molecule has 0 atom stereocenters. The number of benzene rings is 1. The molecule has 0 saturated carbocycles. The van der Waals surface area contributed by atoms with Gasteiger partial charge in [0.05, 0.1) is 4.34 Å². The van der Waals surface area contributed by atoms with Crippen LogP contribution in [-0.2, 0) is 10.0 Å². The molecule has 8 heteroatoms. The Kier molecular flexibility index (Phi) is 4.96. The molecule has 1 aromatic carbocycles. The number of nitrogens with zero attached hydrogens (tertiary/aromatic N) is 2. The number of carbonyl (C=O) groups is 1. The van der Waals surface area contributed by atoms with E-state index in [9.17, 15) is 13.2 Å². The van der Waals surface area contributed by atoms with E-state index in [-0.39, 0.29) is 23.2 Å². The molecule has 3 rings (SSSR count). The van der Waals surface area contributed by atoms with Crippen molar-refractivity contribution in [2.45, 2.75) is 11.1 Å². The first-order valence-corrected chi connectivity index (χ1v) is 10.1. The lowest BCUT2D eigenvalue weighted by molar-refractivity contribution is 0.0697. The Morgan fingerprint density at radius 1 is 1.08 bits per heavy atom. The summed E-state index contributed by atoms with van der Waals surface area (Å²) in [4.78, 5) is 14.3. The molecule has 5 nitrogen and oxygen atoms in total. The minimum atomic E-state index is -3.53. The highest BCUT2D eigenvalue weighted by molar-refractivity contribution is 7.91. The standard InChI is InChI=1S/C16H17ClN2O3S2/c1-12-4-2-3-5-13(12)16(20)18-8-10-19(11-9-18)24(21,22)15-7-6-14(17)23-15/h2-7H,8-11H2,1H3. The SMILES string of the molecule is Cc1ccccc1C(=O)N1CCN(S(=O)(=O)c2ccc(Cl)s2)CC1.